The van der Waals surface area contributed by atoms with Crippen molar-refractivity contribution < 1.29 is 17.9 Å². The van der Waals surface area contributed by atoms with Crippen LogP contribution in [-0.4, -0.2) is 60.8 Å². The maximum absolute atomic E-state index is 13.0. The monoisotopic (exact) mass is 434 g/mol. The van der Waals surface area contributed by atoms with Crippen LogP contribution in [-0.2, 0) is 21.4 Å². The normalized spacial score (nSPS) is 15.4. The number of nitrogens with zero attached hydrogens (tertiary/aromatic N) is 5. The molecule has 0 bridgehead atoms. The van der Waals surface area contributed by atoms with Gasteiger partial charge in [0.15, 0.2) is 12.4 Å². The van der Waals surface area contributed by atoms with Crippen LogP contribution in [0.2, 0.25) is 0 Å². The summed E-state index contributed by atoms with van der Waals surface area (Å²) in [6, 6.07) is 5.88. The molecule has 3 rings (SSSR count). The number of sulfonamides is 1. The summed E-state index contributed by atoms with van der Waals surface area (Å²) >= 11 is 0. The maximum atomic E-state index is 13.0. The van der Waals surface area contributed by atoms with Gasteiger partial charge in [0.25, 0.3) is 0 Å². The van der Waals surface area contributed by atoms with E-state index in [0.717, 1.165) is 25.7 Å². The van der Waals surface area contributed by atoms with Crippen molar-refractivity contribution in [2.45, 2.75) is 37.2 Å². The molecule has 0 saturated carbocycles. The van der Waals surface area contributed by atoms with Gasteiger partial charge in [-0.05, 0) is 31.0 Å². The molecule has 0 amide bonds. The van der Waals surface area contributed by atoms with Crippen molar-refractivity contribution in [3.8, 4) is 0 Å². The molecule has 1 fully saturated rings. The van der Waals surface area contributed by atoms with E-state index in [1.54, 1.807) is 19.0 Å². The molecule has 1 aromatic carbocycles. The van der Waals surface area contributed by atoms with E-state index in [1.807, 2.05) is 0 Å². The van der Waals surface area contributed by atoms with E-state index in [-0.39, 0.29) is 28.8 Å². The largest absolute Gasteiger partial charge is 0.454 e. The number of ether oxygens (including phenoxy) is 1. The molecule has 0 aliphatic carbocycles. The smallest absolute Gasteiger partial charge is 0.338 e. The predicted octanol–water partition coefficient (Wildman–Crippen LogP) is 1.44. The second kappa shape index (κ2) is 9.35. The number of esters is 1. The number of carbonyl (C=O) groups is 1. The van der Waals surface area contributed by atoms with Crippen molar-refractivity contribution in [2.75, 3.05) is 37.8 Å². The Bertz CT molecular complexity index is 1000. The number of benzene rings is 1. The lowest BCUT2D eigenvalue weighted by molar-refractivity contribution is 0.0462. The van der Waals surface area contributed by atoms with E-state index in [4.69, 9.17) is 10.5 Å². The highest BCUT2D eigenvalue weighted by Gasteiger charge is 2.26. The van der Waals surface area contributed by atoms with E-state index in [9.17, 15) is 13.2 Å². The summed E-state index contributed by atoms with van der Waals surface area (Å²) in [6.07, 6.45) is 3.72. The second-order valence-corrected chi connectivity index (χ2v) is 9.16. The van der Waals surface area contributed by atoms with Gasteiger partial charge in [0.05, 0.1) is 10.5 Å². The summed E-state index contributed by atoms with van der Waals surface area (Å²) < 4.78 is 32.7. The molecule has 2 heterocycles. The highest BCUT2D eigenvalue weighted by Crippen LogP contribution is 2.21. The first-order valence-electron chi connectivity index (χ1n) is 9.72. The van der Waals surface area contributed by atoms with Gasteiger partial charge in [0.1, 0.15) is 0 Å². The SMILES string of the molecule is CN(C)c1nc(N)nc(COC(=O)c2cccc(S(=O)(=O)N3CCCCCC3)c2)n1. The zero-order chi connectivity index (χ0) is 21.7. The van der Waals surface area contributed by atoms with Gasteiger partial charge in [-0.1, -0.05) is 18.9 Å². The van der Waals surface area contributed by atoms with Gasteiger partial charge >= 0.3 is 5.97 Å². The number of nitrogen functional groups attached to an aromatic ring is 1. The van der Waals surface area contributed by atoms with Gasteiger partial charge in [-0.2, -0.15) is 19.3 Å². The predicted molar refractivity (Wildman–Crippen MR) is 111 cm³/mol. The average Bonchev–Trinajstić information content (AvgIpc) is 3.02. The summed E-state index contributed by atoms with van der Waals surface area (Å²) in [7, 11) is -0.157. The molecule has 10 nitrogen and oxygen atoms in total. The number of carbonyl (C=O) groups excluding carboxylic acids is 1. The first kappa shape index (κ1) is 21.9. The molecule has 1 aliphatic rings. The average molecular weight is 435 g/mol. The van der Waals surface area contributed by atoms with Crippen LogP contribution in [0.1, 0.15) is 41.9 Å². The molecule has 0 atom stereocenters. The molecular weight excluding hydrogens is 408 g/mol. The van der Waals surface area contributed by atoms with E-state index in [0.29, 0.717) is 19.0 Å². The zero-order valence-electron chi connectivity index (χ0n) is 17.1. The fraction of sp³-hybridized carbons (Fsp3) is 0.474. The molecule has 1 aromatic heterocycles. The molecule has 1 saturated heterocycles. The Morgan fingerprint density at radius 3 is 2.50 bits per heavy atom. The van der Waals surface area contributed by atoms with Crippen molar-refractivity contribution in [1.82, 2.24) is 19.3 Å². The van der Waals surface area contributed by atoms with Crippen LogP contribution in [0.5, 0.6) is 0 Å². The Morgan fingerprint density at radius 1 is 1.13 bits per heavy atom. The van der Waals surface area contributed by atoms with Crippen molar-refractivity contribution in [2.24, 2.45) is 0 Å². The van der Waals surface area contributed by atoms with Crippen LogP contribution >= 0.6 is 0 Å². The maximum Gasteiger partial charge on any atom is 0.338 e. The summed E-state index contributed by atoms with van der Waals surface area (Å²) in [5.74, 6) is -0.106. The summed E-state index contributed by atoms with van der Waals surface area (Å²) in [4.78, 5) is 26.3. The standard InChI is InChI=1S/C19H26N6O4S/c1-24(2)19-22-16(21-18(20)23-19)13-29-17(26)14-8-7-9-15(12-14)30(27,28)25-10-5-3-4-6-11-25/h7-9,12H,3-6,10-11,13H2,1-2H3,(H2,20,21,22,23). The van der Waals surface area contributed by atoms with Gasteiger partial charge in [-0.25, -0.2) is 13.2 Å². The minimum Gasteiger partial charge on any atom is -0.454 e. The number of anilines is 2. The molecule has 11 heteroatoms. The molecule has 0 unspecified atom stereocenters. The van der Waals surface area contributed by atoms with Crippen LogP contribution in [0.3, 0.4) is 0 Å². The number of hydrogen-bond donors (Lipinski definition) is 1. The molecule has 0 spiro atoms. The molecule has 162 valence electrons. The molecule has 2 N–H and O–H groups in total. The zero-order valence-corrected chi connectivity index (χ0v) is 17.9. The van der Waals surface area contributed by atoms with Crippen LogP contribution in [0.15, 0.2) is 29.2 Å². The van der Waals surface area contributed by atoms with Crippen molar-refractivity contribution in [3.63, 3.8) is 0 Å². The lowest BCUT2D eigenvalue weighted by Gasteiger charge is -2.20. The molecule has 1 aliphatic heterocycles. The van der Waals surface area contributed by atoms with E-state index >= 15 is 0 Å². The Labute approximate surface area is 176 Å². The number of rotatable bonds is 6. The Hall–Kier alpha value is -2.79. The van der Waals surface area contributed by atoms with E-state index < -0.39 is 16.0 Å². The summed E-state index contributed by atoms with van der Waals surface area (Å²) in [6.45, 7) is 0.771. The minimum absolute atomic E-state index is 0.0188. The van der Waals surface area contributed by atoms with Gasteiger partial charge in [0, 0.05) is 27.2 Å². The van der Waals surface area contributed by atoms with Gasteiger partial charge in [-0.15, -0.1) is 0 Å². The molecule has 30 heavy (non-hydrogen) atoms. The number of aromatic nitrogens is 3. The van der Waals surface area contributed by atoms with Crippen LogP contribution < -0.4 is 10.6 Å². The van der Waals surface area contributed by atoms with Crippen LogP contribution in [0.25, 0.3) is 0 Å². The first-order valence-corrected chi connectivity index (χ1v) is 11.2. The third kappa shape index (κ3) is 5.22. The summed E-state index contributed by atoms with van der Waals surface area (Å²) in [5.41, 5.74) is 5.80. The Balaban J connectivity index is 1.73. The third-order valence-electron chi connectivity index (χ3n) is 4.69. The Morgan fingerprint density at radius 2 is 1.83 bits per heavy atom. The van der Waals surface area contributed by atoms with Gasteiger partial charge in [0.2, 0.25) is 21.9 Å². The summed E-state index contributed by atoms with van der Waals surface area (Å²) in [5, 5.41) is 0. The van der Waals surface area contributed by atoms with Gasteiger partial charge in [-0.3, -0.25) is 0 Å². The first-order chi connectivity index (χ1) is 14.3. The third-order valence-corrected chi connectivity index (χ3v) is 6.59. The number of nitrogens with two attached hydrogens (primary N) is 1. The fourth-order valence-corrected chi connectivity index (χ4v) is 4.68. The topological polar surface area (TPSA) is 132 Å². The molecule has 0 radical (unpaired) electrons. The molecular formula is C19H26N6O4S. The lowest BCUT2D eigenvalue weighted by Crippen LogP contribution is -2.32. The van der Waals surface area contributed by atoms with Crippen molar-refractivity contribution in [3.05, 3.63) is 35.7 Å². The highest BCUT2D eigenvalue weighted by atomic mass is 32.2. The van der Waals surface area contributed by atoms with Crippen LogP contribution in [0, 0.1) is 0 Å². The number of hydrogen-bond acceptors (Lipinski definition) is 9. The van der Waals surface area contributed by atoms with E-state index in [2.05, 4.69) is 15.0 Å². The van der Waals surface area contributed by atoms with Crippen molar-refractivity contribution in [1.29, 1.82) is 0 Å². The van der Waals surface area contributed by atoms with Gasteiger partial charge < -0.3 is 15.4 Å². The fourth-order valence-electron chi connectivity index (χ4n) is 3.12. The minimum atomic E-state index is -3.66. The highest BCUT2D eigenvalue weighted by molar-refractivity contribution is 7.89. The van der Waals surface area contributed by atoms with Crippen molar-refractivity contribution >= 4 is 27.9 Å². The second-order valence-electron chi connectivity index (χ2n) is 7.23. The quantitative estimate of drug-likeness (QED) is 0.671. The molecule has 2 aromatic rings. The Kier molecular flexibility index (Phi) is 6.83. The lowest BCUT2D eigenvalue weighted by atomic mass is 10.2. The van der Waals surface area contributed by atoms with E-state index in [1.165, 1.54) is 28.6 Å². The van der Waals surface area contributed by atoms with Crippen LogP contribution in [0.4, 0.5) is 11.9 Å².